The predicted octanol–water partition coefficient (Wildman–Crippen LogP) is 4.86. The second-order valence-corrected chi connectivity index (χ2v) is 6.99. The fraction of sp³-hybridized carbons (Fsp3) is 0.375. The number of hydrogen-bond donors (Lipinski definition) is 1. The summed E-state index contributed by atoms with van der Waals surface area (Å²) in [6.45, 7) is 4.95. The van der Waals surface area contributed by atoms with Crippen LogP contribution in [0.4, 0.5) is 4.39 Å². The Morgan fingerprint density at radius 1 is 1.20 bits per heavy atom. The smallest absolute Gasteiger partial charge is 0.126 e. The first-order valence-corrected chi connectivity index (χ1v) is 7.97. The highest BCUT2D eigenvalue weighted by Gasteiger charge is 2.17. The lowest BCUT2D eigenvalue weighted by Crippen LogP contribution is -2.29. The van der Waals surface area contributed by atoms with Gasteiger partial charge < -0.3 is 5.32 Å². The van der Waals surface area contributed by atoms with Gasteiger partial charge in [-0.1, -0.05) is 43.6 Å². The molecule has 0 saturated heterocycles. The summed E-state index contributed by atoms with van der Waals surface area (Å²) in [7, 11) is 0. The summed E-state index contributed by atoms with van der Waals surface area (Å²) < 4.78 is 14.8. The quantitative estimate of drug-likeness (QED) is 0.803. The van der Waals surface area contributed by atoms with Crippen LogP contribution < -0.4 is 5.32 Å². The molecule has 0 spiro atoms. The second-order valence-electron chi connectivity index (χ2n) is 5.19. The van der Waals surface area contributed by atoms with Crippen molar-refractivity contribution < 1.29 is 4.39 Å². The summed E-state index contributed by atoms with van der Waals surface area (Å²) >= 11 is 7.54. The van der Waals surface area contributed by atoms with E-state index >= 15 is 0 Å². The number of halogens is 2. The van der Waals surface area contributed by atoms with Crippen LogP contribution in [0.25, 0.3) is 0 Å². The van der Waals surface area contributed by atoms with Gasteiger partial charge in [0.15, 0.2) is 0 Å². The van der Waals surface area contributed by atoms with Crippen LogP contribution >= 0.6 is 22.9 Å². The van der Waals surface area contributed by atoms with Crippen molar-refractivity contribution in [3.8, 4) is 0 Å². The van der Waals surface area contributed by atoms with Gasteiger partial charge in [-0.2, -0.15) is 0 Å². The lowest BCUT2D eigenvalue weighted by atomic mass is 9.94. The van der Waals surface area contributed by atoms with E-state index in [1.165, 1.54) is 10.9 Å². The Bertz CT molecular complexity index is 553. The molecule has 1 nitrogen and oxygen atoms in total. The van der Waals surface area contributed by atoms with Gasteiger partial charge in [-0.25, -0.2) is 4.39 Å². The maximum Gasteiger partial charge on any atom is 0.126 e. The third-order valence-electron chi connectivity index (χ3n) is 3.19. The standard InChI is InChI=1S/C16H19ClFNS/c1-11(2)19-10-12(9-13-7-8-16(17)20-13)14-5-3-4-6-15(14)18/h3-8,11-12,19H,9-10H2,1-2H3. The van der Waals surface area contributed by atoms with E-state index in [1.54, 1.807) is 17.4 Å². The molecule has 0 saturated carbocycles. The Kier molecular flexibility index (Phi) is 5.58. The number of hydrogen-bond acceptors (Lipinski definition) is 2. The first-order valence-electron chi connectivity index (χ1n) is 6.78. The molecule has 0 bridgehead atoms. The molecule has 0 fully saturated rings. The molecular formula is C16H19ClFNS. The van der Waals surface area contributed by atoms with Gasteiger partial charge in [-0.15, -0.1) is 11.3 Å². The molecule has 4 heteroatoms. The molecule has 0 aliphatic rings. The first kappa shape index (κ1) is 15.5. The summed E-state index contributed by atoms with van der Waals surface area (Å²) in [5.41, 5.74) is 0.769. The van der Waals surface area contributed by atoms with E-state index in [4.69, 9.17) is 11.6 Å². The largest absolute Gasteiger partial charge is 0.314 e. The normalized spacial score (nSPS) is 12.8. The van der Waals surface area contributed by atoms with Crippen LogP contribution in [0.5, 0.6) is 0 Å². The summed E-state index contributed by atoms with van der Waals surface area (Å²) in [6, 6.07) is 11.3. The van der Waals surface area contributed by atoms with Crippen LogP contribution in [0.2, 0.25) is 4.34 Å². The number of nitrogens with one attached hydrogen (secondary N) is 1. The summed E-state index contributed by atoms with van der Waals surface area (Å²) in [5, 5.41) is 3.40. The van der Waals surface area contributed by atoms with Gasteiger partial charge in [-0.05, 0) is 30.2 Å². The zero-order valence-corrected chi connectivity index (χ0v) is 13.3. The lowest BCUT2D eigenvalue weighted by molar-refractivity contribution is 0.507. The van der Waals surface area contributed by atoms with Crippen molar-refractivity contribution in [2.75, 3.05) is 6.54 Å². The minimum Gasteiger partial charge on any atom is -0.314 e. The summed E-state index contributed by atoms with van der Waals surface area (Å²) in [4.78, 5) is 1.19. The van der Waals surface area contributed by atoms with Gasteiger partial charge in [-0.3, -0.25) is 0 Å². The average molecular weight is 312 g/mol. The van der Waals surface area contributed by atoms with Crippen LogP contribution in [-0.2, 0) is 6.42 Å². The number of benzene rings is 1. The van der Waals surface area contributed by atoms with Crippen molar-refractivity contribution in [3.63, 3.8) is 0 Å². The van der Waals surface area contributed by atoms with E-state index in [0.29, 0.717) is 6.04 Å². The van der Waals surface area contributed by atoms with Gasteiger partial charge in [0.2, 0.25) is 0 Å². The highest BCUT2D eigenvalue weighted by atomic mass is 35.5. The van der Waals surface area contributed by atoms with Crippen LogP contribution in [0.1, 0.15) is 30.2 Å². The Hall–Kier alpha value is -0.900. The Balaban J connectivity index is 2.18. The highest BCUT2D eigenvalue weighted by Crippen LogP contribution is 2.28. The van der Waals surface area contributed by atoms with E-state index in [-0.39, 0.29) is 11.7 Å². The summed E-state index contributed by atoms with van der Waals surface area (Å²) in [6.07, 6.45) is 0.804. The molecule has 0 amide bonds. The molecule has 108 valence electrons. The second kappa shape index (κ2) is 7.21. The molecular weight excluding hydrogens is 293 g/mol. The molecule has 0 radical (unpaired) electrons. The maximum absolute atomic E-state index is 14.0. The minimum atomic E-state index is -0.134. The van der Waals surface area contributed by atoms with Crippen LogP contribution in [0.3, 0.4) is 0 Å². The summed E-state index contributed by atoms with van der Waals surface area (Å²) in [5.74, 6) is -0.0148. The van der Waals surface area contributed by atoms with Gasteiger partial charge >= 0.3 is 0 Å². The molecule has 1 unspecified atom stereocenters. The molecule has 0 aliphatic heterocycles. The zero-order chi connectivity index (χ0) is 14.5. The van der Waals surface area contributed by atoms with Crippen molar-refractivity contribution in [1.82, 2.24) is 5.32 Å². The van der Waals surface area contributed by atoms with E-state index < -0.39 is 0 Å². The van der Waals surface area contributed by atoms with Crippen LogP contribution in [0.15, 0.2) is 36.4 Å². The predicted molar refractivity (Wildman–Crippen MR) is 85.3 cm³/mol. The SMILES string of the molecule is CC(C)NCC(Cc1ccc(Cl)s1)c1ccccc1F. The van der Waals surface area contributed by atoms with Crippen molar-refractivity contribution in [2.24, 2.45) is 0 Å². The van der Waals surface area contributed by atoms with Crippen molar-refractivity contribution >= 4 is 22.9 Å². The Morgan fingerprint density at radius 3 is 2.55 bits per heavy atom. The molecule has 2 rings (SSSR count). The van der Waals surface area contributed by atoms with Crippen molar-refractivity contribution in [1.29, 1.82) is 0 Å². The monoisotopic (exact) mass is 311 g/mol. The third-order valence-corrected chi connectivity index (χ3v) is 4.45. The molecule has 2 aromatic rings. The van der Waals surface area contributed by atoms with Gasteiger partial charge in [0.1, 0.15) is 5.82 Å². The third kappa shape index (κ3) is 4.30. The maximum atomic E-state index is 14.0. The van der Waals surface area contributed by atoms with Gasteiger partial charge in [0, 0.05) is 23.4 Å². The van der Waals surface area contributed by atoms with E-state index in [9.17, 15) is 4.39 Å². The molecule has 1 aromatic heterocycles. The molecule has 1 N–H and O–H groups in total. The fourth-order valence-corrected chi connectivity index (χ4v) is 3.35. The topological polar surface area (TPSA) is 12.0 Å². The highest BCUT2D eigenvalue weighted by molar-refractivity contribution is 7.16. The zero-order valence-electron chi connectivity index (χ0n) is 11.7. The first-order chi connectivity index (χ1) is 9.56. The Labute approximate surface area is 128 Å². The van der Waals surface area contributed by atoms with Gasteiger partial charge in [0.05, 0.1) is 4.34 Å². The molecule has 1 aromatic carbocycles. The van der Waals surface area contributed by atoms with Crippen molar-refractivity contribution in [2.45, 2.75) is 32.2 Å². The molecule has 20 heavy (non-hydrogen) atoms. The van der Waals surface area contributed by atoms with Crippen LogP contribution in [0, 0.1) is 5.82 Å². The van der Waals surface area contributed by atoms with E-state index in [0.717, 1.165) is 22.9 Å². The molecule has 0 aliphatic carbocycles. The van der Waals surface area contributed by atoms with Crippen molar-refractivity contribution in [3.05, 3.63) is 57.0 Å². The van der Waals surface area contributed by atoms with E-state index in [2.05, 4.69) is 19.2 Å². The van der Waals surface area contributed by atoms with Crippen LogP contribution in [-0.4, -0.2) is 12.6 Å². The number of rotatable bonds is 6. The fourth-order valence-electron chi connectivity index (χ4n) is 2.18. The Morgan fingerprint density at radius 2 is 1.95 bits per heavy atom. The van der Waals surface area contributed by atoms with E-state index in [1.807, 2.05) is 24.3 Å². The lowest BCUT2D eigenvalue weighted by Gasteiger charge is -2.19. The van der Waals surface area contributed by atoms with Gasteiger partial charge in [0.25, 0.3) is 0 Å². The number of thiophene rings is 1. The minimum absolute atomic E-state index is 0.119. The molecule has 1 atom stereocenters. The average Bonchev–Trinajstić information content (AvgIpc) is 2.81. The molecule has 1 heterocycles.